The lowest BCUT2D eigenvalue weighted by molar-refractivity contribution is 0.0587. The van der Waals surface area contributed by atoms with Crippen LogP contribution in [-0.2, 0) is 19.9 Å². The molecule has 1 N–H and O–H groups in total. The zero-order valence-corrected chi connectivity index (χ0v) is 19.3. The third kappa shape index (κ3) is 4.78. The molecule has 0 unspecified atom stereocenters. The Bertz CT molecular complexity index is 1070. The normalized spacial score (nSPS) is 24.9. The van der Waals surface area contributed by atoms with E-state index in [4.69, 9.17) is 23.2 Å². The van der Waals surface area contributed by atoms with Gasteiger partial charge in [0.05, 0.1) is 27.1 Å². The van der Waals surface area contributed by atoms with Gasteiger partial charge in [0.2, 0.25) is 10.0 Å². The number of sulfone groups is 1. The monoisotopic (exact) mass is 495 g/mol. The second-order valence-electron chi connectivity index (χ2n) is 8.04. The molecule has 166 valence electrons. The summed E-state index contributed by atoms with van der Waals surface area (Å²) in [7, 11) is -6.80. The molecule has 4 rings (SSSR count). The van der Waals surface area contributed by atoms with E-state index in [0.717, 1.165) is 12.8 Å². The van der Waals surface area contributed by atoms with Crippen molar-refractivity contribution >= 4 is 49.0 Å². The fourth-order valence-corrected chi connectivity index (χ4v) is 7.83. The molecule has 1 aromatic rings. The Labute approximate surface area is 186 Å². The summed E-state index contributed by atoms with van der Waals surface area (Å²) < 4.78 is 51.2. The molecule has 1 atom stereocenters. The van der Waals surface area contributed by atoms with Crippen LogP contribution in [0.5, 0.6) is 0 Å². The van der Waals surface area contributed by atoms with E-state index in [1.165, 1.54) is 12.1 Å². The predicted octanol–water partition coefficient (Wildman–Crippen LogP) is 1.38. The van der Waals surface area contributed by atoms with Crippen molar-refractivity contribution in [2.45, 2.75) is 36.2 Å². The second kappa shape index (κ2) is 8.22. The number of carbonyl (C=O) groups is 1. The Morgan fingerprint density at radius 3 is 2.27 bits per heavy atom. The molecule has 3 aliphatic rings. The third-order valence-electron chi connectivity index (χ3n) is 5.77. The molecule has 2 heterocycles. The highest BCUT2D eigenvalue weighted by molar-refractivity contribution is 7.91. The summed E-state index contributed by atoms with van der Waals surface area (Å²) in [4.78, 5) is 16.6. The lowest BCUT2D eigenvalue weighted by atomic mass is 10.1. The van der Waals surface area contributed by atoms with E-state index in [1.54, 1.807) is 4.90 Å². The van der Waals surface area contributed by atoms with Crippen molar-refractivity contribution in [3.63, 3.8) is 0 Å². The summed E-state index contributed by atoms with van der Waals surface area (Å²) in [5.41, 5.74) is 0.0918. The number of hydrogen-bond acceptors (Lipinski definition) is 6. The van der Waals surface area contributed by atoms with Crippen LogP contribution in [0.1, 0.15) is 29.6 Å². The number of carbonyl (C=O) groups excluding carboxylic acids is 1. The minimum absolute atomic E-state index is 0.00313. The van der Waals surface area contributed by atoms with Crippen molar-refractivity contribution in [1.29, 1.82) is 0 Å². The topological polar surface area (TPSA) is 104 Å². The number of nitrogens with zero attached hydrogens (tertiary/aromatic N) is 2. The van der Waals surface area contributed by atoms with Gasteiger partial charge in [0.1, 0.15) is 4.90 Å². The number of benzene rings is 1. The lowest BCUT2D eigenvalue weighted by Gasteiger charge is -2.37. The van der Waals surface area contributed by atoms with Crippen molar-refractivity contribution < 1.29 is 21.6 Å². The van der Waals surface area contributed by atoms with Crippen LogP contribution in [0, 0.1) is 0 Å². The van der Waals surface area contributed by atoms with Crippen molar-refractivity contribution in [3.8, 4) is 0 Å². The largest absolute Gasteiger partial charge is 0.336 e. The zero-order valence-electron chi connectivity index (χ0n) is 16.2. The second-order valence-corrected chi connectivity index (χ2v) is 12.8. The van der Waals surface area contributed by atoms with Gasteiger partial charge in [-0.3, -0.25) is 9.69 Å². The molecule has 0 radical (unpaired) electrons. The molecule has 30 heavy (non-hydrogen) atoms. The standard InChI is InChI=1S/C18H23Cl2N3O5S2/c19-15-10-16(20)17(30(27,28)21-12-1-2-12)9-14(15)18(24)23-6-4-22(5-7-23)13-3-8-29(25,26)11-13/h9-10,12-13,21H,1-8,11H2/t13-/m1/s1. The van der Waals surface area contributed by atoms with Crippen LogP contribution in [0.3, 0.4) is 0 Å². The molecule has 1 saturated carbocycles. The van der Waals surface area contributed by atoms with Gasteiger partial charge < -0.3 is 4.90 Å². The van der Waals surface area contributed by atoms with E-state index in [2.05, 4.69) is 9.62 Å². The number of piperazine rings is 1. The number of amides is 1. The van der Waals surface area contributed by atoms with Gasteiger partial charge in [-0.1, -0.05) is 23.2 Å². The first kappa shape index (κ1) is 22.3. The first-order valence-corrected chi connectivity index (χ1v) is 13.9. The highest BCUT2D eigenvalue weighted by Gasteiger charge is 2.35. The summed E-state index contributed by atoms with van der Waals surface area (Å²) in [6.45, 7) is 1.95. The smallest absolute Gasteiger partial charge is 0.255 e. The number of halogens is 2. The van der Waals surface area contributed by atoms with Crippen LogP contribution in [0.25, 0.3) is 0 Å². The maximum absolute atomic E-state index is 13.0. The van der Waals surface area contributed by atoms with Crippen molar-refractivity contribution in [3.05, 3.63) is 27.7 Å². The van der Waals surface area contributed by atoms with E-state index in [9.17, 15) is 21.6 Å². The van der Waals surface area contributed by atoms with Crippen molar-refractivity contribution in [2.75, 3.05) is 37.7 Å². The molecular formula is C18H23Cl2N3O5S2. The Morgan fingerprint density at radius 1 is 1.03 bits per heavy atom. The molecule has 2 saturated heterocycles. The first-order valence-electron chi connectivity index (χ1n) is 9.81. The number of sulfonamides is 1. The van der Waals surface area contributed by atoms with Gasteiger partial charge in [-0.05, 0) is 31.4 Å². The number of rotatable bonds is 5. The van der Waals surface area contributed by atoms with E-state index in [0.29, 0.717) is 32.6 Å². The molecule has 0 aromatic heterocycles. The maximum atomic E-state index is 13.0. The zero-order chi connectivity index (χ0) is 21.7. The molecule has 3 fully saturated rings. The summed E-state index contributed by atoms with van der Waals surface area (Å²) in [5, 5.41) is 0.0663. The van der Waals surface area contributed by atoms with Gasteiger partial charge in [-0.15, -0.1) is 0 Å². The van der Waals surface area contributed by atoms with Crippen LogP contribution >= 0.6 is 23.2 Å². The third-order valence-corrected chi connectivity index (χ3v) is 9.82. The molecule has 12 heteroatoms. The van der Waals surface area contributed by atoms with Crippen LogP contribution in [0.4, 0.5) is 0 Å². The van der Waals surface area contributed by atoms with Gasteiger partial charge >= 0.3 is 0 Å². The van der Waals surface area contributed by atoms with Gasteiger partial charge in [0.25, 0.3) is 5.91 Å². The van der Waals surface area contributed by atoms with Crippen LogP contribution < -0.4 is 4.72 Å². The van der Waals surface area contributed by atoms with Crippen molar-refractivity contribution in [2.24, 2.45) is 0 Å². The minimum atomic E-state index is -3.84. The highest BCUT2D eigenvalue weighted by Crippen LogP contribution is 2.31. The number of hydrogen-bond donors (Lipinski definition) is 1. The van der Waals surface area contributed by atoms with Gasteiger partial charge in [-0.25, -0.2) is 21.6 Å². The molecule has 0 bridgehead atoms. The average molecular weight is 496 g/mol. The molecule has 1 aromatic carbocycles. The van der Waals surface area contributed by atoms with E-state index >= 15 is 0 Å². The Kier molecular flexibility index (Phi) is 6.10. The molecule has 2 aliphatic heterocycles. The lowest BCUT2D eigenvalue weighted by Crippen LogP contribution is -2.52. The van der Waals surface area contributed by atoms with Crippen LogP contribution in [0.15, 0.2) is 17.0 Å². The fourth-order valence-electron chi connectivity index (χ4n) is 3.91. The predicted molar refractivity (Wildman–Crippen MR) is 114 cm³/mol. The first-order chi connectivity index (χ1) is 14.1. The minimum Gasteiger partial charge on any atom is -0.336 e. The van der Waals surface area contributed by atoms with Crippen LogP contribution in [-0.4, -0.2) is 82.3 Å². The number of nitrogens with one attached hydrogen (secondary N) is 1. The van der Waals surface area contributed by atoms with Crippen LogP contribution in [0.2, 0.25) is 10.0 Å². The Hall–Kier alpha value is -0.910. The van der Waals surface area contributed by atoms with Gasteiger partial charge in [0.15, 0.2) is 9.84 Å². The molecule has 1 aliphatic carbocycles. The average Bonchev–Trinajstić information content (AvgIpc) is 3.40. The molecule has 0 spiro atoms. The highest BCUT2D eigenvalue weighted by atomic mass is 35.5. The van der Waals surface area contributed by atoms with E-state index in [1.807, 2.05) is 0 Å². The maximum Gasteiger partial charge on any atom is 0.255 e. The SMILES string of the molecule is O=C(c1cc(S(=O)(=O)NC2CC2)c(Cl)cc1Cl)N1CCN([C@@H]2CCS(=O)(=O)C2)CC1. The quantitative estimate of drug-likeness (QED) is 0.661. The Balaban J connectivity index is 1.48. The molecule has 8 nitrogen and oxygen atoms in total. The van der Waals surface area contributed by atoms with Gasteiger partial charge in [-0.2, -0.15) is 0 Å². The summed E-state index contributed by atoms with van der Waals surface area (Å²) in [6, 6.07) is 2.44. The van der Waals surface area contributed by atoms with Gasteiger partial charge in [0, 0.05) is 38.3 Å². The molecular weight excluding hydrogens is 473 g/mol. The Morgan fingerprint density at radius 2 is 1.70 bits per heavy atom. The van der Waals surface area contributed by atoms with E-state index in [-0.39, 0.29) is 50.0 Å². The fraction of sp³-hybridized carbons (Fsp3) is 0.611. The molecule has 1 amide bonds. The van der Waals surface area contributed by atoms with E-state index < -0.39 is 19.9 Å². The summed E-state index contributed by atoms with van der Waals surface area (Å²) in [5.74, 6) is 0.0147. The van der Waals surface area contributed by atoms with Crippen molar-refractivity contribution in [1.82, 2.24) is 14.5 Å². The summed E-state index contributed by atoms with van der Waals surface area (Å²) >= 11 is 12.3. The summed E-state index contributed by atoms with van der Waals surface area (Å²) in [6.07, 6.45) is 2.18.